The number of carbonyl (C=O) groups is 2. The third-order valence-electron chi connectivity index (χ3n) is 4.60. The van der Waals surface area contributed by atoms with E-state index in [0.29, 0.717) is 36.0 Å². The van der Waals surface area contributed by atoms with Gasteiger partial charge in [-0.2, -0.15) is 0 Å². The number of carbonyl (C=O) groups excluding carboxylic acids is 2. The molecule has 1 aliphatic heterocycles. The molecule has 3 rings (SSSR count). The Kier molecular flexibility index (Phi) is 6.86. The first-order valence-corrected chi connectivity index (χ1v) is 10.1. The predicted octanol–water partition coefficient (Wildman–Crippen LogP) is 2.36. The highest BCUT2D eigenvalue weighted by Crippen LogP contribution is 2.29. The van der Waals surface area contributed by atoms with E-state index in [2.05, 4.69) is 36.7 Å². The molecular formula is C19H23BrN6O3. The van der Waals surface area contributed by atoms with Gasteiger partial charge in [-0.25, -0.2) is 9.97 Å². The van der Waals surface area contributed by atoms with Gasteiger partial charge in [0.25, 0.3) is 5.91 Å². The summed E-state index contributed by atoms with van der Waals surface area (Å²) in [6.07, 6.45) is 2.97. The largest absolute Gasteiger partial charge is 0.466 e. The fourth-order valence-corrected chi connectivity index (χ4v) is 3.41. The van der Waals surface area contributed by atoms with Gasteiger partial charge in [0.05, 0.1) is 12.5 Å². The van der Waals surface area contributed by atoms with Gasteiger partial charge in [-0.1, -0.05) is 15.9 Å². The van der Waals surface area contributed by atoms with Crippen LogP contribution in [0.25, 0.3) is 0 Å². The zero-order valence-electron chi connectivity index (χ0n) is 16.0. The Morgan fingerprint density at radius 3 is 2.79 bits per heavy atom. The van der Waals surface area contributed by atoms with Crippen LogP contribution in [0.2, 0.25) is 0 Å². The van der Waals surface area contributed by atoms with Gasteiger partial charge in [-0.05, 0) is 44.0 Å². The molecule has 4 N–H and O–H groups in total. The second kappa shape index (κ2) is 9.55. The molecule has 1 unspecified atom stereocenters. The third-order valence-corrected chi connectivity index (χ3v) is 5.13. The van der Waals surface area contributed by atoms with Crippen LogP contribution in [0.4, 0.5) is 17.3 Å². The van der Waals surface area contributed by atoms with Gasteiger partial charge in [-0.15, -0.1) is 0 Å². The number of benzene rings is 1. The van der Waals surface area contributed by atoms with Crippen LogP contribution < -0.4 is 21.5 Å². The monoisotopic (exact) mass is 462 g/mol. The SMILES string of the molecule is CCOC(=O)C1CCCN(c2ncnc(NNC(=O)c3ccc(Br)cc3)c2N)C1. The summed E-state index contributed by atoms with van der Waals surface area (Å²) < 4.78 is 6.03. The number of hydrogen-bond acceptors (Lipinski definition) is 8. The molecule has 154 valence electrons. The molecule has 1 aromatic heterocycles. The van der Waals surface area contributed by atoms with Gasteiger partial charge in [0.15, 0.2) is 11.6 Å². The maximum Gasteiger partial charge on any atom is 0.310 e. The lowest BCUT2D eigenvalue weighted by atomic mass is 9.98. The van der Waals surface area contributed by atoms with Crippen LogP contribution in [0.15, 0.2) is 35.1 Å². The minimum absolute atomic E-state index is 0.204. The molecule has 0 aliphatic carbocycles. The molecule has 1 amide bonds. The molecule has 0 bridgehead atoms. The van der Waals surface area contributed by atoms with E-state index in [4.69, 9.17) is 10.5 Å². The molecule has 29 heavy (non-hydrogen) atoms. The number of nitrogens with zero attached hydrogens (tertiary/aromatic N) is 3. The van der Waals surface area contributed by atoms with Crippen LogP contribution in [-0.4, -0.2) is 41.5 Å². The van der Waals surface area contributed by atoms with Crippen molar-refractivity contribution in [3.05, 3.63) is 40.6 Å². The van der Waals surface area contributed by atoms with Gasteiger partial charge in [-0.3, -0.25) is 20.4 Å². The number of nitrogens with one attached hydrogen (secondary N) is 2. The van der Waals surface area contributed by atoms with Crippen LogP contribution in [0.3, 0.4) is 0 Å². The molecular weight excluding hydrogens is 440 g/mol. The van der Waals surface area contributed by atoms with E-state index in [0.717, 1.165) is 23.9 Å². The standard InChI is InChI=1S/C19H23BrN6O3/c1-2-29-19(28)13-4-3-9-26(10-13)17-15(21)16(22-11-23-17)24-25-18(27)12-5-7-14(20)8-6-12/h5-8,11,13H,2-4,9-10,21H2,1H3,(H,25,27)(H,22,23,24). The van der Waals surface area contributed by atoms with Crippen molar-refractivity contribution < 1.29 is 14.3 Å². The van der Waals surface area contributed by atoms with Gasteiger partial charge in [0, 0.05) is 23.1 Å². The van der Waals surface area contributed by atoms with Crippen molar-refractivity contribution in [1.29, 1.82) is 0 Å². The van der Waals surface area contributed by atoms with Gasteiger partial charge in [0.2, 0.25) is 0 Å². The van der Waals surface area contributed by atoms with Crippen molar-refractivity contribution in [2.24, 2.45) is 5.92 Å². The van der Waals surface area contributed by atoms with Crippen molar-refractivity contribution in [1.82, 2.24) is 15.4 Å². The number of rotatable bonds is 6. The number of esters is 1. The lowest BCUT2D eigenvalue weighted by molar-refractivity contribution is -0.148. The Morgan fingerprint density at radius 1 is 1.31 bits per heavy atom. The van der Waals surface area contributed by atoms with Crippen molar-refractivity contribution in [3.63, 3.8) is 0 Å². The summed E-state index contributed by atoms with van der Waals surface area (Å²) in [5, 5.41) is 0. The Hall–Kier alpha value is -2.88. The Bertz CT molecular complexity index is 877. The first-order valence-electron chi connectivity index (χ1n) is 9.33. The highest BCUT2D eigenvalue weighted by atomic mass is 79.9. The molecule has 10 heteroatoms. The number of amides is 1. The number of nitrogens with two attached hydrogens (primary N) is 1. The summed E-state index contributed by atoms with van der Waals surface area (Å²) in [7, 11) is 0. The molecule has 9 nitrogen and oxygen atoms in total. The summed E-state index contributed by atoms with van der Waals surface area (Å²) in [4.78, 5) is 34.7. The molecule has 1 atom stereocenters. The van der Waals surface area contributed by atoms with E-state index in [1.807, 2.05) is 4.90 Å². The maximum atomic E-state index is 12.3. The number of aromatic nitrogens is 2. The summed E-state index contributed by atoms with van der Waals surface area (Å²) in [5.74, 6) is 0.0713. The topological polar surface area (TPSA) is 122 Å². The first kappa shape index (κ1) is 20.8. The zero-order chi connectivity index (χ0) is 20.8. The quantitative estimate of drug-likeness (QED) is 0.441. The van der Waals surface area contributed by atoms with Crippen molar-refractivity contribution in [2.45, 2.75) is 19.8 Å². The molecule has 2 aromatic rings. The Morgan fingerprint density at radius 2 is 2.07 bits per heavy atom. The zero-order valence-corrected chi connectivity index (χ0v) is 17.6. The van der Waals surface area contributed by atoms with E-state index in [9.17, 15) is 9.59 Å². The summed E-state index contributed by atoms with van der Waals surface area (Å²) in [6, 6.07) is 6.95. The average molecular weight is 463 g/mol. The highest BCUT2D eigenvalue weighted by Gasteiger charge is 2.29. The second-order valence-electron chi connectivity index (χ2n) is 6.58. The number of ether oxygens (including phenoxy) is 1. The number of anilines is 3. The summed E-state index contributed by atoms with van der Waals surface area (Å²) in [5.41, 5.74) is 12.4. The predicted molar refractivity (Wildman–Crippen MR) is 113 cm³/mol. The van der Waals surface area contributed by atoms with Crippen LogP contribution >= 0.6 is 15.9 Å². The van der Waals surface area contributed by atoms with Crippen molar-refractivity contribution >= 4 is 45.1 Å². The maximum absolute atomic E-state index is 12.3. The molecule has 0 spiro atoms. The van der Waals surface area contributed by atoms with Crippen molar-refractivity contribution in [2.75, 3.05) is 35.8 Å². The first-order chi connectivity index (χ1) is 14.0. The molecule has 1 fully saturated rings. The van der Waals surface area contributed by atoms with E-state index < -0.39 is 0 Å². The molecule has 1 aliphatic rings. The van der Waals surface area contributed by atoms with E-state index in [1.54, 1.807) is 31.2 Å². The molecule has 1 aromatic carbocycles. The average Bonchev–Trinajstić information content (AvgIpc) is 2.73. The van der Waals surface area contributed by atoms with Crippen LogP contribution in [-0.2, 0) is 9.53 Å². The third kappa shape index (κ3) is 5.14. The number of hydrazine groups is 1. The molecule has 1 saturated heterocycles. The van der Waals surface area contributed by atoms with E-state index in [1.165, 1.54) is 6.33 Å². The lowest BCUT2D eigenvalue weighted by Crippen LogP contribution is -2.40. The van der Waals surface area contributed by atoms with Crippen LogP contribution in [0.5, 0.6) is 0 Å². The molecule has 0 radical (unpaired) electrons. The van der Waals surface area contributed by atoms with Crippen molar-refractivity contribution in [3.8, 4) is 0 Å². The Labute approximate surface area is 177 Å². The number of piperidine rings is 1. The number of hydrogen-bond donors (Lipinski definition) is 3. The van der Waals surface area contributed by atoms with Gasteiger partial charge < -0.3 is 15.4 Å². The van der Waals surface area contributed by atoms with E-state index >= 15 is 0 Å². The fraction of sp³-hybridized carbons (Fsp3) is 0.368. The number of halogens is 1. The lowest BCUT2D eigenvalue weighted by Gasteiger charge is -2.33. The smallest absolute Gasteiger partial charge is 0.310 e. The van der Waals surface area contributed by atoms with Gasteiger partial charge in [0.1, 0.15) is 12.0 Å². The fourth-order valence-electron chi connectivity index (χ4n) is 3.15. The highest BCUT2D eigenvalue weighted by molar-refractivity contribution is 9.10. The summed E-state index contributed by atoms with van der Waals surface area (Å²) in [6.45, 7) is 3.35. The van der Waals surface area contributed by atoms with Gasteiger partial charge >= 0.3 is 5.97 Å². The minimum atomic E-state index is -0.322. The number of nitrogen functional groups attached to an aromatic ring is 1. The normalized spacial score (nSPS) is 16.2. The molecule has 0 saturated carbocycles. The Balaban J connectivity index is 1.68. The molecule has 2 heterocycles. The minimum Gasteiger partial charge on any atom is -0.466 e. The summed E-state index contributed by atoms with van der Waals surface area (Å²) >= 11 is 3.33. The van der Waals surface area contributed by atoms with E-state index in [-0.39, 0.29) is 17.8 Å². The van der Waals surface area contributed by atoms with Crippen LogP contribution in [0.1, 0.15) is 30.1 Å². The second-order valence-corrected chi connectivity index (χ2v) is 7.50. The van der Waals surface area contributed by atoms with Crippen LogP contribution in [0, 0.1) is 5.92 Å².